The van der Waals surface area contributed by atoms with Gasteiger partial charge in [-0.15, -0.1) is 0 Å². The van der Waals surface area contributed by atoms with Crippen molar-refractivity contribution in [2.24, 2.45) is 0 Å². The number of aliphatic carboxylic acids is 1. The van der Waals surface area contributed by atoms with Gasteiger partial charge in [-0.05, 0) is 49.1 Å². The molecule has 1 aromatic heterocycles. The van der Waals surface area contributed by atoms with Gasteiger partial charge in [0.05, 0.1) is 0 Å². The van der Waals surface area contributed by atoms with Crippen molar-refractivity contribution in [1.29, 1.82) is 0 Å². The lowest BCUT2D eigenvalue weighted by Crippen LogP contribution is -2.45. The molecule has 0 aliphatic rings. The third kappa shape index (κ3) is 6.06. The molecule has 0 unspecified atom stereocenters. The van der Waals surface area contributed by atoms with Crippen molar-refractivity contribution < 1.29 is 14.7 Å². The molecule has 2 N–H and O–H groups in total. The summed E-state index contributed by atoms with van der Waals surface area (Å²) in [5, 5.41) is 15.6. The maximum atomic E-state index is 12.1. The number of thiophene rings is 1. The van der Waals surface area contributed by atoms with E-state index in [-0.39, 0.29) is 18.5 Å². The first kappa shape index (κ1) is 16.5. The molecular weight excluding hydrogens is 276 g/mol. The van der Waals surface area contributed by atoms with Gasteiger partial charge in [-0.1, -0.05) is 0 Å². The topological polar surface area (TPSA) is 69.6 Å². The van der Waals surface area contributed by atoms with Gasteiger partial charge in [-0.2, -0.15) is 11.3 Å². The molecule has 20 heavy (non-hydrogen) atoms. The standard InChI is InChI=1S/C14H22N2O3S/c1-11(2)16(8-3-4-13(17)18)14(19)15-7-5-12-6-9-20-10-12/h6,9-11H,3-5,7-8H2,1-2H3,(H,15,19)(H,17,18). The number of hydrogen-bond donors (Lipinski definition) is 2. The smallest absolute Gasteiger partial charge is 0.317 e. The van der Waals surface area contributed by atoms with Crippen LogP contribution in [0.3, 0.4) is 0 Å². The first-order valence-corrected chi connectivity index (χ1v) is 7.72. The number of carbonyl (C=O) groups is 2. The summed E-state index contributed by atoms with van der Waals surface area (Å²) in [5.41, 5.74) is 1.22. The number of rotatable bonds is 8. The monoisotopic (exact) mass is 298 g/mol. The summed E-state index contributed by atoms with van der Waals surface area (Å²) >= 11 is 1.64. The number of carbonyl (C=O) groups excluding carboxylic acids is 1. The molecule has 0 atom stereocenters. The third-order valence-corrected chi connectivity index (χ3v) is 3.68. The van der Waals surface area contributed by atoms with Gasteiger partial charge in [-0.3, -0.25) is 4.79 Å². The van der Waals surface area contributed by atoms with Gasteiger partial charge in [0.1, 0.15) is 0 Å². The fourth-order valence-corrected chi connectivity index (χ4v) is 2.55. The summed E-state index contributed by atoms with van der Waals surface area (Å²) in [6, 6.07) is 1.98. The molecule has 5 nitrogen and oxygen atoms in total. The Hall–Kier alpha value is -1.56. The Kier molecular flexibility index (Phi) is 7.08. The van der Waals surface area contributed by atoms with Crippen LogP contribution in [0.2, 0.25) is 0 Å². The molecule has 0 saturated heterocycles. The predicted octanol–water partition coefficient (Wildman–Crippen LogP) is 2.58. The zero-order valence-electron chi connectivity index (χ0n) is 12.0. The quantitative estimate of drug-likeness (QED) is 0.775. The molecule has 0 bridgehead atoms. The van der Waals surface area contributed by atoms with Crippen LogP contribution in [-0.4, -0.2) is 41.1 Å². The maximum Gasteiger partial charge on any atom is 0.317 e. The number of hydrogen-bond acceptors (Lipinski definition) is 3. The molecule has 0 aromatic carbocycles. The summed E-state index contributed by atoms with van der Waals surface area (Å²) in [4.78, 5) is 24.2. The first-order valence-electron chi connectivity index (χ1n) is 6.78. The minimum absolute atomic E-state index is 0.0601. The molecule has 112 valence electrons. The van der Waals surface area contributed by atoms with E-state index in [2.05, 4.69) is 10.7 Å². The lowest BCUT2D eigenvalue weighted by atomic mass is 10.2. The van der Waals surface area contributed by atoms with Crippen molar-refractivity contribution >= 4 is 23.3 Å². The number of amides is 2. The molecule has 0 fully saturated rings. The van der Waals surface area contributed by atoms with Crippen molar-refractivity contribution in [2.75, 3.05) is 13.1 Å². The molecule has 0 aliphatic carbocycles. The van der Waals surface area contributed by atoms with E-state index in [4.69, 9.17) is 5.11 Å². The zero-order valence-corrected chi connectivity index (χ0v) is 12.8. The summed E-state index contributed by atoms with van der Waals surface area (Å²) in [6.45, 7) is 4.92. The Labute approximate surface area is 123 Å². The molecule has 2 amide bonds. The fraction of sp³-hybridized carbons (Fsp3) is 0.571. The minimum Gasteiger partial charge on any atom is -0.481 e. The summed E-state index contributed by atoms with van der Waals surface area (Å²) in [5.74, 6) is -0.827. The molecule has 1 heterocycles. The molecular formula is C14H22N2O3S. The Morgan fingerprint density at radius 2 is 2.20 bits per heavy atom. The Morgan fingerprint density at radius 3 is 2.75 bits per heavy atom. The van der Waals surface area contributed by atoms with Crippen molar-refractivity contribution in [3.8, 4) is 0 Å². The SMILES string of the molecule is CC(C)N(CCCC(=O)O)C(=O)NCCc1ccsc1. The van der Waals surface area contributed by atoms with E-state index in [1.165, 1.54) is 5.56 Å². The van der Waals surface area contributed by atoms with Gasteiger partial charge in [0, 0.05) is 25.6 Å². The molecule has 1 rings (SSSR count). The predicted molar refractivity (Wildman–Crippen MR) is 80.1 cm³/mol. The van der Waals surface area contributed by atoms with Crippen LogP contribution in [0.15, 0.2) is 16.8 Å². The van der Waals surface area contributed by atoms with Crippen LogP contribution in [-0.2, 0) is 11.2 Å². The lowest BCUT2D eigenvalue weighted by Gasteiger charge is -2.26. The van der Waals surface area contributed by atoms with Gasteiger partial charge < -0.3 is 15.3 Å². The van der Waals surface area contributed by atoms with E-state index >= 15 is 0 Å². The number of nitrogens with one attached hydrogen (secondary N) is 1. The van der Waals surface area contributed by atoms with Crippen molar-refractivity contribution in [3.05, 3.63) is 22.4 Å². The van der Waals surface area contributed by atoms with E-state index in [0.29, 0.717) is 19.5 Å². The van der Waals surface area contributed by atoms with Crippen LogP contribution >= 0.6 is 11.3 Å². The van der Waals surface area contributed by atoms with E-state index in [1.807, 2.05) is 25.3 Å². The van der Waals surface area contributed by atoms with E-state index in [1.54, 1.807) is 16.2 Å². The largest absolute Gasteiger partial charge is 0.481 e. The highest BCUT2D eigenvalue weighted by Gasteiger charge is 2.16. The van der Waals surface area contributed by atoms with Crippen LogP contribution in [0.4, 0.5) is 4.79 Å². The van der Waals surface area contributed by atoms with Crippen LogP contribution in [0, 0.1) is 0 Å². The summed E-state index contributed by atoms with van der Waals surface area (Å²) in [7, 11) is 0. The Balaban J connectivity index is 2.33. The normalized spacial score (nSPS) is 10.6. The van der Waals surface area contributed by atoms with Crippen molar-refractivity contribution in [3.63, 3.8) is 0 Å². The number of urea groups is 1. The number of carboxylic acids is 1. The fourth-order valence-electron chi connectivity index (χ4n) is 1.85. The third-order valence-electron chi connectivity index (χ3n) is 2.94. The Morgan fingerprint density at radius 1 is 1.45 bits per heavy atom. The van der Waals surface area contributed by atoms with Gasteiger partial charge >= 0.3 is 12.0 Å². The van der Waals surface area contributed by atoms with Crippen molar-refractivity contribution in [1.82, 2.24) is 10.2 Å². The average molecular weight is 298 g/mol. The second kappa shape index (κ2) is 8.58. The van der Waals surface area contributed by atoms with Crippen LogP contribution in [0.25, 0.3) is 0 Å². The van der Waals surface area contributed by atoms with Crippen LogP contribution in [0.1, 0.15) is 32.3 Å². The molecule has 6 heteroatoms. The Bertz CT molecular complexity index is 418. The zero-order chi connectivity index (χ0) is 15.0. The molecule has 0 aliphatic heterocycles. The van der Waals surface area contributed by atoms with Crippen LogP contribution < -0.4 is 5.32 Å². The molecule has 0 radical (unpaired) electrons. The van der Waals surface area contributed by atoms with Gasteiger partial charge in [-0.25, -0.2) is 4.79 Å². The highest BCUT2D eigenvalue weighted by atomic mass is 32.1. The van der Waals surface area contributed by atoms with E-state index in [9.17, 15) is 9.59 Å². The average Bonchev–Trinajstić information content (AvgIpc) is 2.86. The maximum absolute atomic E-state index is 12.1. The van der Waals surface area contributed by atoms with E-state index < -0.39 is 5.97 Å². The highest BCUT2D eigenvalue weighted by molar-refractivity contribution is 7.07. The molecule has 0 spiro atoms. The van der Waals surface area contributed by atoms with Gasteiger partial charge in [0.25, 0.3) is 0 Å². The lowest BCUT2D eigenvalue weighted by molar-refractivity contribution is -0.137. The van der Waals surface area contributed by atoms with Gasteiger partial charge in [0.15, 0.2) is 0 Å². The van der Waals surface area contributed by atoms with Gasteiger partial charge in [0.2, 0.25) is 0 Å². The second-order valence-electron chi connectivity index (χ2n) is 4.90. The number of nitrogens with zero attached hydrogens (tertiary/aromatic N) is 1. The van der Waals surface area contributed by atoms with E-state index in [0.717, 1.165) is 6.42 Å². The summed E-state index contributed by atoms with van der Waals surface area (Å²) in [6.07, 6.45) is 1.38. The number of carboxylic acid groups (broad SMARTS) is 1. The first-order chi connectivity index (χ1) is 9.50. The highest BCUT2D eigenvalue weighted by Crippen LogP contribution is 2.06. The summed E-state index contributed by atoms with van der Waals surface area (Å²) < 4.78 is 0. The molecule has 0 saturated carbocycles. The second-order valence-corrected chi connectivity index (χ2v) is 5.68. The minimum atomic E-state index is -0.827. The van der Waals surface area contributed by atoms with Crippen LogP contribution in [0.5, 0.6) is 0 Å². The molecule has 1 aromatic rings. The van der Waals surface area contributed by atoms with Crippen molar-refractivity contribution in [2.45, 2.75) is 39.2 Å².